The van der Waals surface area contributed by atoms with Crippen LogP contribution in [0.1, 0.15) is 32.1 Å². The van der Waals surface area contributed by atoms with Gasteiger partial charge < -0.3 is 9.84 Å². The maximum atomic E-state index is 12.6. The zero-order valence-corrected chi connectivity index (χ0v) is 13.0. The molecular weight excluding hydrogens is 294 g/mol. The van der Waals surface area contributed by atoms with Gasteiger partial charge in [-0.05, 0) is 31.1 Å². The molecule has 2 aliphatic heterocycles. The summed E-state index contributed by atoms with van der Waals surface area (Å²) < 4.78 is 31.9. The van der Waals surface area contributed by atoms with Crippen molar-refractivity contribution in [2.75, 3.05) is 32.1 Å². The lowest BCUT2D eigenvalue weighted by Gasteiger charge is -2.34. The third-order valence-corrected chi connectivity index (χ3v) is 7.33. The first-order valence-corrected chi connectivity index (χ1v) is 9.34. The zero-order valence-electron chi connectivity index (χ0n) is 12.2. The Morgan fingerprint density at radius 2 is 2.00 bits per heavy atom. The first-order valence-electron chi connectivity index (χ1n) is 7.73. The van der Waals surface area contributed by atoms with Gasteiger partial charge in [-0.3, -0.25) is 4.79 Å². The molecule has 3 fully saturated rings. The molecule has 0 aromatic heterocycles. The minimum atomic E-state index is -3.36. The van der Waals surface area contributed by atoms with Crippen molar-refractivity contribution in [3.63, 3.8) is 0 Å². The summed E-state index contributed by atoms with van der Waals surface area (Å²) in [4.78, 5) is 11.7. The number of hydrogen-bond acceptors (Lipinski definition) is 4. The fourth-order valence-electron chi connectivity index (χ4n) is 4.04. The van der Waals surface area contributed by atoms with Crippen LogP contribution in [0.2, 0.25) is 0 Å². The molecule has 3 rings (SSSR count). The second-order valence-electron chi connectivity index (χ2n) is 6.72. The van der Waals surface area contributed by atoms with Gasteiger partial charge in [0.15, 0.2) is 0 Å². The highest BCUT2D eigenvalue weighted by Crippen LogP contribution is 2.43. The van der Waals surface area contributed by atoms with Crippen LogP contribution in [0, 0.1) is 17.3 Å². The van der Waals surface area contributed by atoms with Crippen molar-refractivity contribution >= 4 is 16.0 Å². The van der Waals surface area contributed by atoms with Gasteiger partial charge >= 0.3 is 5.97 Å². The summed E-state index contributed by atoms with van der Waals surface area (Å²) in [6.45, 7) is 1.06. The molecule has 0 aromatic carbocycles. The van der Waals surface area contributed by atoms with Gasteiger partial charge in [-0.25, -0.2) is 12.7 Å². The Hall–Kier alpha value is -0.660. The minimum absolute atomic E-state index is 0.0715. The summed E-state index contributed by atoms with van der Waals surface area (Å²) in [5, 5.41) is 9.57. The molecule has 2 saturated heterocycles. The number of carboxylic acids is 1. The van der Waals surface area contributed by atoms with E-state index in [1.54, 1.807) is 0 Å². The summed E-state index contributed by atoms with van der Waals surface area (Å²) in [7, 11) is -3.36. The molecule has 2 atom stereocenters. The third kappa shape index (κ3) is 2.71. The van der Waals surface area contributed by atoms with Crippen molar-refractivity contribution in [2.45, 2.75) is 32.1 Å². The molecule has 0 spiro atoms. The number of fused-ring (bicyclic) bond motifs is 1. The molecule has 21 heavy (non-hydrogen) atoms. The van der Waals surface area contributed by atoms with E-state index in [4.69, 9.17) is 4.74 Å². The lowest BCUT2D eigenvalue weighted by molar-refractivity contribution is -0.159. The van der Waals surface area contributed by atoms with E-state index in [0.717, 1.165) is 25.7 Å². The van der Waals surface area contributed by atoms with Crippen molar-refractivity contribution in [3.8, 4) is 0 Å². The van der Waals surface area contributed by atoms with Crippen LogP contribution in [0.4, 0.5) is 0 Å². The monoisotopic (exact) mass is 317 g/mol. The highest BCUT2D eigenvalue weighted by atomic mass is 32.2. The SMILES string of the molecule is O=C(O)[C@]12COCC[C@H]1CN(S(=O)(=O)CC1CCCC1)C2. The maximum Gasteiger partial charge on any atom is 0.313 e. The van der Waals surface area contributed by atoms with Crippen LogP contribution in [-0.4, -0.2) is 55.9 Å². The van der Waals surface area contributed by atoms with E-state index in [0.29, 0.717) is 19.6 Å². The Bertz CT molecular complexity index is 513. The molecule has 0 aromatic rings. The topological polar surface area (TPSA) is 83.9 Å². The highest BCUT2D eigenvalue weighted by Gasteiger charge is 2.56. The number of sulfonamides is 1. The summed E-state index contributed by atoms with van der Waals surface area (Å²) in [6.07, 6.45) is 4.79. The molecule has 0 unspecified atom stereocenters. The van der Waals surface area contributed by atoms with Crippen LogP contribution < -0.4 is 0 Å². The van der Waals surface area contributed by atoms with Crippen LogP contribution in [-0.2, 0) is 19.6 Å². The molecule has 0 amide bonds. The Morgan fingerprint density at radius 3 is 2.62 bits per heavy atom. The second-order valence-corrected chi connectivity index (χ2v) is 8.73. The summed E-state index contributed by atoms with van der Waals surface area (Å²) in [5.74, 6) is -0.626. The average molecular weight is 317 g/mol. The van der Waals surface area contributed by atoms with Crippen LogP contribution >= 0.6 is 0 Å². The Morgan fingerprint density at radius 1 is 1.29 bits per heavy atom. The van der Waals surface area contributed by atoms with Gasteiger partial charge in [-0.2, -0.15) is 0 Å². The molecule has 1 saturated carbocycles. The smallest absolute Gasteiger partial charge is 0.313 e. The van der Waals surface area contributed by atoms with Crippen molar-refractivity contribution in [2.24, 2.45) is 17.3 Å². The average Bonchev–Trinajstić information content (AvgIpc) is 3.05. The van der Waals surface area contributed by atoms with Gasteiger partial charge in [0.25, 0.3) is 0 Å². The van der Waals surface area contributed by atoms with Crippen LogP contribution in [0.3, 0.4) is 0 Å². The summed E-state index contributed by atoms with van der Waals surface area (Å²) in [6, 6.07) is 0. The van der Waals surface area contributed by atoms with Gasteiger partial charge in [0.05, 0.1) is 12.4 Å². The van der Waals surface area contributed by atoms with Crippen molar-refractivity contribution in [3.05, 3.63) is 0 Å². The molecule has 0 radical (unpaired) electrons. The number of aliphatic carboxylic acids is 1. The van der Waals surface area contributed by atoms with E-state index in [2.05, 4.69) is 0 Å². The number of carbonyl (C=O) groups is 1. The molecule has 1 aliphatic carbocycles. The molecule has 7 heteroatoms. The van der Waals surface area contributed by atoms with Crippen molar-refractivity contribution < 1.29 is 23.1 Å². The zero-order chi connectivity index (χ0) is 15.1. The normalized spacial score (nSPS) is 35.0. The molecule has 2 heterocycles. The number of ether oxygens (including phenoxy) is 1. The quantitative estimate of drug-likeness (QED) is 0.834. The van der Waals surface area contributed by atoms with E-state index >= 15 is 0 Å². The molecule has 120 valence electrons. The summed E-state index contributed by atoms with van der Waals surface area (Å²) in [5.41, 5.74) is -1.04. The number of carboxylic acid groups (broad SMARTS) is 1. The van der Waals surface area contributed by atoms with E-state index in [1.807, 2.05) is 0 Å². The van der Waals surface area contributed by atoms with Crippen molar-refractivity contribution in [1.82, 2.24) is 4.31 Å². The predicted octanol–water partition coefficient (Wildman–Crippen LogP) is 0.929. The largest absolute Gasteiger partial charge is 0.481 e. The Balaban J connectivity index is 1.76. The maximum absolute atomic E-state index is 12.6. The number of rotatable bonds is 4. The van der Waals surface area contributed by atoms with Crippen LogP contribution in [0.5, 0.6) is 0 Å². The second kappa shape index (κ2) is 5.52. The Labute approximate surface area is 125 Å². The molecule has 1 N–H and O–H groups in total. The Kier molecular flexibility index (Phi) is 4.00. The third-order valence-electron chi connectivity index (χ3n) is 5.37. The standard InChI is InChI=1S/C14H23NO5S/c16-13(17)14-9-15(7-12(14)5-6-20-10-14)21(18,19)8-11-3-1-2-4-11/h11-12H,1-10H2,(H,16,17)/t12-,14+/m0/s1. The first kappa shape index (κ1) is 15.2. The predicted molar refractivity (Wildman–Crippen MR) is 76.3 cm³/mol. The van der Waals surface area contributed by atoms with Gasteiger partial charge in [0.2, 0.25) is 10.0 Å². The minimum Gasteiger partial charge on any atom is -0.481 e. The van der Waals surface area contributed by atoms with Crippen molar-refractivity contribution in [1.29, 1.82) is 0 Å². The lowest BCUT2D eigenvalue weighted by atomic mass is 9.76. The van der Waals surface area contributed by atoms with E-state index in [9.17, 15) is 18.3 Å². The van der Waals surface area contributed by atoms with Crippen LogP contribution in [0.15, 0.2) is 0 Å². The molecule has 3 aliphatic rings. The first-order chi connectivity index (χ1) is 9.94. The fourth-order valence-corrected chi connectivity index (χ4v) is 6.01. The van der Waals surface area contributed by atoms with Gasteiger partial charge in [-0.1, -0.05) is 12.8 Å². The van der Waals surface area contributed by atoms with E-state index in [1.165, 1.54) is 4.31 Å². The van der Waals surface area contributed by atoms with Gasteiger partial charge in [0, 0.05) is 19.7 Å². The van der Waals surface area contributed by atoms with Gasteiger partial charge in [0.1, 0.15) is 5.41 Å². The molecule has 0 bridgehead atoms. The fraction of sp³-hybridized carbons (Fsp3) is 0.929. The number of nitrogens with zero attached hydrogens (tertiary/aromatic N) is 1. The van der Waals surface area contributed by atoms with E-state index in [-0.39, 0.29) is 30.7 Å². The lowest BCUT2D eigenvalue weighted by Crippen LogP contribution is -2.46. The van der Waals surface area contributed by atoms with Gasteiger partial charge in [-0.15, -0.1) is 0 Å². The summed E-state index contributed by atoms with van der Waals surface area (Å²) >= 11 is 0. The van der Waals surface area contributed by atoms with E-state index < -0.39 is 21.4 Å². The highest BCUT2D eigenvalue weighted by molar-refractivity contribution is 7.89. The molecular formula is C14H23NO5S. The van der Waals surface area contributed by atoms with Crippen LogP contribution in [0.25, 0.3) is 0 Å². The number of hydrogen-bond donors (Lipinski definition) is 1. The molecule has 6 nitrogen and oxygen atoms in total.